The molecule has 4 aliphatic rings. The van der Waals surface area contributed by atoms with Gasteiger partial charge in [0.25, 0.3) is 0 Å². The van der Waals surface area contributed by atoms with Crippen LogP contribution in [0.25, 0.3) is 6.08 Å². The summed E-state index contributed by atoms with van der Waals surface area (Å²) in [6, 6.07) is 25.7. The number of fused-ring (bicyclic) bond motifs is 2. The summed E-state index contributed by atoms with van der Waals surface area (Å²) in [6.45, 7) is 4.94. The van der Waals surface area contributed by atoms with Crippen LogP contribution in [0.3, 0.4) is 0 Å². The maximum Gasteiger partial charge on any atom is 0.338 e. The summed E-state index contributed by atoms with van der Waals surface area (Å²) in [7, 11) is 0. The first-order valence-electron chi connectivity index (χ1n) is 20.6. The van der Waals surface area contributed by atoms with E-state index in [1.165, 1.54) is 0 Å². The number of aliphatic hydroxyl groups is 1. The fraction of sp³-hybridized carbons (Fsp3) is 0.447. The molecular formula is C47H54N2O10. The van der Waals surface area contributed by atoms with Gasteiger partial charge in [0.15, 0.2) is 0 Å². The highest BCUT2D eigenvalue weighted by Crippen LogP contribution is 2.47. The van der Waals surface area contributed by atoms with Gasteiger partial charge in [-0.05, 0) is 76.1 Å². The number of hydrogen-bond acceptors (Lipinski definition) is 10. The monoisotopic (exact) mass is 806 g/mol. The maximum absolute atomic E-state index is 13.9. The summed E-state index contributed by atoms with van der Waals surface area (Å²) in [6.07, 6.45) is 7.68. The van der Waals surface area contributed by atoms with Crippen LogP contribution < -0.4 is 10.6 Å². The molecule has 2 saturated heterocycles. The zero-order chi connectivity index (χ0) is 41.6. The van der Waals surface area contributed by atoms with Crippen molar-refractivity contribution in [3.63, 3.8) is 0 Å². The van der Waals surface area contributed by atoms with Crippen LogP contribution in [0.5, 0.6) is 0 Å². The summed E-state index contributed by atoms with van der Waals surface area (Å²) in [4.78, 5) is 52.6. The Bertz CT molecular complexity index is 1990. The fourth-order valence-electron chi connectivity index (χ4n) is 8.02. The lowest BCUT2D eigenvalue weighted by Gasteiger charge is -2.31. The number of epoxide rings is 1. The highest BCUT2D eigenvalue weighted by atomic mass is 16.8. The van der Waals surface area contributed by atoms with E-state index in [0.29, 0.717) is 29.3 Å². The zero-order valence-corrected chi connectivity index (χ0v) is 33.8. The van der Waals surface area contributed by atoms with Crippen LogP contribution in [0.2, 0.25) is 0 Å². The SMILES string of the molecule is CC(C)(C)OC(=O)CCC(CO)NC(=O)CCNC(=O)C1=CC2OC(c3ccccc3)(c3ccccc3)OC2C(OC(=O)c2cccc(C=CC3CCC4OC4C3)c2)C1. The molecule has 1 saturated carbocycles. The molecule has 3 aromatic rings. The van der Waals surface area contributed by atoms with E-state index in [0.717, 1.165) is 36.0 Å². The van der Waals surface area contributed by atoms with Gasteiger partial charge in [0.2, 0.25) is 17.6 Å². The average molecular weight is 807 g/mol. The molecule has 2 aliphatic heterocycles. The second-order valence-electron chi connectivity index (χ2n) is 16.7. The van der Waals surface area contributed by atoms with Gasteiger partial charge < -0.3 is 39.4 Å². The predicted molar refractivity (Wildman–Crippen MR) is 219 cm³/mol. The number of aliphatic hydroxyl groups excluding tert-OH is 1. The number of carbonyl (C=O) groups is 4. The van der Waals surface area contributed by atoms with Crippen LogP contribution in [-0.2, 0) is 43.9 Å². The molecular weight excluding hydrogens is 753 g/mol. The molecule has 0 radical (unpaired) electrons. The molecule has 0 aromatic heterocycles. The summed E-state index contributed by atoms with van der Waals surface area (Å²) >= 11 is 0. The Morgan fingerprint density at radius 1 is 0.915 bits per heavy atom. The normalized spacial score (nSPS) is 24.8. The van der Waals surface area contributed by atoms with Crippen molar-refractivity contribution in [3.05, 3.63) is 125 Å². The minimum absolute atomic E-state index is 0.00444. The lowest BCUT2D eigenvalue weighted by molar-refractivity contribution is -0.157. The molecule has 3 fully saturated rings. The molecule has 12 heteroatoms. The van der Waals surface area contributed by atoms with E-state index in [9.17, 15) is 24.3 Å². The second kappa shape index (κ2) is 18.4. The molecule has 0 spiro atoms. The maximum atomic E-state index is 13.9. The van der Waals surface area contributed by atoms with Crippen LogP contribution in [0.15, 0.2) is 103 Å². The van der Waals surface area contributed by atoms with E-state index in [-0.39, 0.29) is 38.8 Å². The van der Waals surface area contributed by atoms with Crippen LogP contribution in [-0.4, -0.2) is 84.2 Å². The van der Waals surface area contributed by atoms with Gasteiger partial charge in [-0.3, -0.25) is 14.4 Å². The van der Waals surface area contributed by atoms with E-state index in [4.69, 9.17) is 23.7 Å². The molecule has 2 heterocycles. The molecule has 2 amide bonds. The topological polar surface area (TPSA) is 162 Å². The highest BCUT2D eigenvalue weighted by molar-refractivity contribution is 5.94. The third kappa shape index (κ3) is 10.7. The molecule has 59 heavy (non-hydrogen) atoms. The van der Waals surface area contributed by atoms with Crippen LogP contribution >= 0.6 is 0 Å². The second-order valence-corrected chi connectivity index (χ2v) is 16.7. The minimum atomic E-state index is -1.36. The molecule has 12 nitrogen and oxygen atoms in total. The largest absolute Gasteiger partial charge is 0.460 e. The fourth-order valence-corrected chi connectivity index (χ4v) is 8.02. The Hall–Kier alpha value is -5.14. The van der Waals surface area contributed by atoms with E-state index in [1.54, 1.807) is 39.0 Å². The minimum Gasteiger partial charge on any atom is -0.460 e. The van der Waals surface area contributed by atoms with Crippen molar-refractivity contribution >= 4 is 29.8 Å². The standard InChI is InChI=1S/C47H54N2O10/c1-46(2,3)58-42(52)22-20-36(29-50)49-41(51)23-24-48-44(53)33-27-39(56-45(54)32-12-10-11-30(25-32)17-18-31-19-21-37-38(26-31)55-37)43-40(28-33)57-47(59-43,34-13-6-4-7-14-34)35-15-8-5-9-16-35/h4-18,25,28,31,36-40,43,50H,19-24,26-27,29H2,1-3H3,(H,48,53)(H,49,51). The van der Waals surface area contributed by atoms with Crippen molar-refractivity contribution in [3.8, 4) is 0 Å². The zero-order valence-electron chi connectivity index (χ0n) is 33.8. The van der Waals surface area contributed by atoms with Crippen molar-refractivity contribution in [1.29, 1.82) is 0 Å². The number of hydrogen-bond donors (Lipinski definition) is 3. The van der Waals surface area contributed by atoms with Gasteiger partial charge in [-0.1, -0.05) is 84.9 Å². The van der Waals surface area contributed by atoms with Gasteiger partial charge >= 0.3 is 11.9 Å². The molecule has 3 N–H and O–H groups in total. The number of allylic oxidation sites excluding steroid dienone is 1. The molecule has 7 atom stereocenters. The first-order chi connectivity index (χ1) is 28.4. The predicted octanol–water partition coefficient (Wildman–Crippen LogP) is 5.91. The Morgan fingerprint density at radius 3 is 2.32 bits per heavy atom. The Labute approximate surface area is 345 Å². The highest BCUT2D eigenvalue weighted by Gasteiger charge is 2.55. The lowest BCUT2D eigenvalue weighted by Crippen LogP contribution is -2.44. The third-order valence-corrected chi connectivity index (χ3v) is 11.0. The summed E-state index contributed by atoms with van der Waals surface area (Å²) < 4.78 is 30.9. The Morgan fingerprint density at radius 2 is 1.64 bits per heavy atom. The van der Waals surface area contributed by atoms with Crippen molar-refractivity contribution in [2.24, 2.45) is 5.92 Å². The smallest absolute Gasteiger partial charge is 0.338 e. The van der Waals surface area contributed by atoms with Gasteiger partial charge in [-0.15, -0.1) is 0 Å². The van der Waals surface area contributed by atoms with Crippen molar-refractivity contribution in [1.82, 2.24) is 10.6 Å². The van der Waals surface area contributed by atoms with Crippen molar-refractivity contribution < 1.29 is 48.0 Å². The van der Waals surface area contributed by atoms with Gasteiger partial charge in [-0.25, -0.2) is 4.79 Å². The number of esters is 2. The Kier molecular flexibility index (Phi) is 13.1. The molecule has 7 unspecified atom stereocenters. The van der Waals surface area contributed by atoms with Gasteiger partial charge in [0.1, 0.15) is 23.9 Å². The molecule has 7 rings (SSSR count). The van der Waals surface area contributed by atoms with Gasteiger partial charge in [-0.2, -0.15) is 0 Å². The van der Waals surface area contributed by atoms with Crippen molar-refractivity contribution in [2.75, 3.05) is 13.2 Å². The lowest BCUT2D eigenvalue weighted by atomic mass is 9.88. The number of amides is 2. The summed E-state index contributed by atoms with van der Waals surface area (Å²) in [5.41, 5.74) is 2.41. The van der Waals surface area contributed by atoms with E-state index >= 15 is 0 Å². The number of benzene rings is 3. The Balaban J connectivity index is 1.05. The number of nitrogens with one attached hydrogen (secondary N) is 2. The van der Waals surface area contributed by atoms with Crippen LogP contribution in [0, 0.1) is 5.92 Å². The van der Waals surface area contributed by atoms with Gasteiger partial charge in [0, 0.05) is 42.5 Å². The van der Waals surface area contributed by atoms with E-state index < -0.39 is 59.5 Å². The molecule has 312 valence electrons. The van der Waals surface area contributed by atoms with Crippen molar-refractivity contribution in [2.45, 2.75) is 114 Å². The van der Waals surface area contributed by atoms with E-state index in [2.05, 4.69) is 16.7 Å². The van der Waals surface area contributed by atoms with Gasteiger partial charge in [0.05, 0.1) is 30.4 Å². The number of rotatable bonds is 15. The molecule has 0 bridgehead atoms. The van der Waals surface area contributed by atoms with Crippen LogP contribution in [0.1, 0.15) is 92.8 Å². The molecule has 3 aromatic carbocycles. The summed E-state index contributed by atoms with van der Waals surface area (Å²) in [5.74, 6) is -2.75. The summed E-state index contributed by atoms with van der Waals surface area (Å²) in [5, 5.41) is 15.3. The average Bonchev–Trinajstić information content (AvgIpc) is 3.90. The first-order valence-corrected chi connectivity index (χ1v) is 20.6. The molecule has 2 aliphatic carbocycles. The van der Waals surface area contributed by atoms with Crippen LogP contribution in [0.4, 0.5) is 0 Å². The first kappa shape index (κ1) is 42.0. The third-order valence-electron chi connectivity index (χ3n) is 11.0. The number of ether oxygens (including phenoxy) is 5. The van der Waals surface area contributed by atoms with E-state index in [1.807, 2.05) is 78.9 Å². The quantitative estimate of drug-likeness (QED) is 0.124. The number of carbonyl (C=O) groups excluding carboxylic acids is 4.